The van der Waals surface area contributed by atoms with Crippen LogP contribution in [0.2, 0.25) is 0 Å². The van der Waals surface area contributed by atoms with E-state index in [0.717, 1.165) is 23.9 Å². The highest BCUT2D eigenvalue weighted by Crippen LogP contribution is 2.28. The Labute approximate surface area is 132 Å². The highest BCUT2D eigenvalue weighted by molar-refractivity contribution is 7.15. The number of nitrogens with one attached hydrogen (secondary N) is 1. The summed E-state index contributed by atoms with van der Waals surface area (Å²) in [5.41, 5.74) is 1.04. The third-order valence-electron chi connectivity index (χ3n) is 3.12. The third-order valence-corrected chi connectivity index (χ3v) is 4.26. The zero-order chi connectivity index (χ0) is 15.8. The zero-order valence-corrected chi connectivity index (χ0v) is 14.9. The number of hydrogen-bond donors (Lipinski definition) is 1. The minimum atomic E-state index is 0.396. The Kier molecular flexibility index (Phi) is 8.18. The fourth-order valence-corrected chi connectivity index (χ4v) is 3.11. The number of anilines is 1. The summed E-state index contributed by atoms with van der Waals surface area (Å²) in [4.78, 5) is 8.31. The van der Waals surface area contributed by atoms with Crippen molar-refractivity contribution in [3.8, 4) is 0 Å². The van der Waals surface area contributed by atoms with Crippen LogP contribution in [0.15, 0.2) is 0 Å². The van der Waals surface area contributed by atoms with Crippen LogP contribution in [-0.2, 0) is 22.6 Å². The van der Waals surface area contributed by atoms with Crippen LogP contribution in [0.25, 0.3) is 0 Å². The summed E-state index contributed by atoms with van der Waals surface area (Å²) < 4.78 is 10.5. The first-order valence-corrected chi connectivity index (χ1v) is 8.27. The van der Waals surface area contributed by atoms with Gasteiger partial charge in [-0.25, -0.2) is 4.98 Å². The molecule has 1 heterocycles. The summed E-state index contributed by atoms with van der Waals surface area (Å²) in [6.45, 7) is 11.6. The molecule has 0 aromatic carbocycles. The SMILES string of the molecule is COCCN(c1nc(COC)c(CNC(C)C)s1)C(C)C. The molecule has 5 nitrogen and oxygen atoms in total. The van der Waals surface area contributed by atoms with Gasteiger partial charge < -0.3 is 19.7 Å². The van der Waals surface area contributed by atoms with Gasteiger partial charge in [-0.1, -0.05) is 13.8 Å². The molecule has 0 amide bonds. The van der Waals surface area contributed by atoms with Gasteiger partial charge in [0.1, 0.15) is 0 Å². The van der Waals surface area contributed by atoms with Crippen molar-refractivity contribution in [2.75, 3.05) is 32.3 Å². The quantitative estimate of drug-likeness (QED) is 0.719. The van der Waals surface area contributed by atoms with Gasteiger partial charge in [-0.15, -0.1) is 11.3 Å². The van der Waals surface area contributed by atoms with Crippen molar-refractivity contribution in [2.24, 2.45) is 0 Å². The summed E-state index contributed by atoms with van der Waals surface area (Å²) in [5.74, 6) is 0. The predicted molar refractivity (Wildman–Crippen MR) is 89.2 cm³/mol. The average molecular weight is 315 g/mol. The minimum Gasteiger partial charge on any atom is -0.383 e. The van der Waals surface area contributed by atoms with E-state index in [2.05, 4.69) is 37.9 Å². The van der Waals surface area contributed by atoms with E-state index in [4.69, 9.17) is 14.5 Å². The molecule has 0 aliphatic heterocycles. The van der Waals surface area contributed by atoms with E-state index in [1.807, 2.05) is 0 Å². The molecular formula is C15H29N3O2S. The van der Waals surface area contributed by atoms with Crippen molar-refractivity contribution in [3.63, 3.8) is 0 Å². The van der Waals surface area contributed by atoms with Crippen LogP contribution in [0.5, 0.6) is 0 Å². The molecule has 0 bridgehead atoms. The van der Waals surface area contributed by atoms with Crippen LogP contribution in [-0.4, -0.2) is 44.4 Å². The molecule has 0 radical (unpaired) electrons. The Balaban J connectivity index is 2.91. The number of ether oxygens (including phenoxy) is 2. The monoisotopic (exact) mass is 315 g/mol. The lowest BCUT2D eigenvalue weighted by atomic mass is 10.3. The fraction of sp³-hybridized carbons (Fsp3) is 0.800. The van der Waals surface area contributed by atoms with E-state index < -0.39 is 0 Å². The Morgan fingerprint density at radius 2 is 1.90 bits per heavy atom. The first-order valence-electron chi connectivity index (χ1n) is 7.46. The Morgan fingerprint density at radius 1 is 1.19 bits per heavy atom. The lowest BCUT2D eigenvalue weighted by Gasteiger charge is -2.25. The molecule has 0 unspecified atom stereocenters. The molecule has 0 aliphatic rings. The summed E-state index contributed by atoms with van der Waals surface area (Å²) >= 11 is 1.75. The van der Waals surface area contributed by atoms with Gasteiger partial charge >= 0.3 is 0 Å². The highest BCUT2D eigenvalue weighted by Gasteiger charge is 2.18. The summed E-state index contributed by atoms with van der Waals surface area (Å²) in [7, 11) is 3.44. The number of methoxy groups -OCH3 is 2. The fourth-order valence-electron chi connectivity index (χ4n) is 1.94. The number of thiazole rings is 1. The molecule has 1 rings (SSSR count). The Hall–Kier alpha value is -0.690. The van der Waals surface area contributed by atoms with Crippen LogP contribution in [0, 0.1) is 0 Å². The van der Waals surface area contributed by atoms with E-state index >= 15 is 0 Å². The first kappa shape index (κ1) is 18.4. The summed E-state index contributed by atoms with van der Waals surface area (Å²) in [5, 5.41) is 4.51. The lowest BCUT2D eigenvalue weighted by molar-refractivity contribution is 0.181. The minimum absolute atomic E-state index is 0.396. The number of hydrogen-bond acceptors (Lipinski definition) is 6. The van der Waals surface area contributed by atoms with Crippen LogP contribution >= 0.6 is 11.3 Å². The van der Waals surface area contributed by atoms with E-state index in [0.29, 0.717) is 25.3 Å². The maximum absolute atomic E-state index is 5.28. The molecule has 0 aliphatic carbocycles. The van der Waals surface area contributed by atoms with Crippen LogP contribution in [0.3, 0.4) is 0 Å². The van der Waals surface area contributed by atoms with Gasteiger partial charge in [-0.05, 0) is 13.8 Å². The van der Waals surface area contributed by atoms with Crippen molar-refractivity contribution in [1.82, 2.24) is 10.3 Å². The van der Waals surface area contributed by atoms with Gasteiger partial charge in [0.25, 0.3) is 0 Å². The van der Waals surface area contributed by atoms with Gasteiger partial charge in [0.15, 0.2) is 5.13 Å². The topological polar surface area (TPSA) is 46.6 Å². The molecule has 0 atom stereocenters. The zero-order valence-electron chi connectivity index (χ0n) is 14.1. The van der Waals surface area contributed by atoms with Gasteiger partial charge in [0.2, 0.25) is 0 Å². The van der Waals surface area contributed by atoms with Crippen molar-refractivity contribution in [2.45, 2.75) is 52.9 Å². The van der Waals surface area contributed by atoms with Crippen LogP contribution in [0.4, 0.5) is 5.13 Å². The lowest BCUT2D eigenvalue weighted by Crippen LogP contribution is -2.33. The molecular weight excluding hydrogens is 286 g/mol. The summed E-state index contributed by atoms with van der Waals surface area (Å²) in [6, 6.07) is 0.855. The second kappa shape index (κ2) is 9.35. The smallest absolute Gasteiger partial charge is 0.186 e. The Bertz CT molecular complexity index is 408. The summed E-state index contributed by atoms with van der Waals surface area (Å²) in [6.07, 6.45) is 0. The van der Waals surface area contributed by atoms with Crippen molar-refractivity contribution < 1.29 is 9.47 Å². The standard InChI is InChI=1S/C15H29N3O2S/c1-11(2)16-9-14-13(10-20-6)17-15(21-14)18(12(3)4)7-8-19-5/h11-12,16H,7-10H2,1-6H3. The molecule has 0 fully saturated rings. The van der Waals surface area contributed by atoms with Gasteiger partial charge in [-0.2, -0.15) is 0 Å². The molecule has 1 aromatic rings. The van der Waals surface area contributed by atoms with Crippen LogP contribution < -0.4 is 10.2 Å². The van der Waals surface area contributed by atoms with E-state index in [9.17, 15) is 0 Å². The highest BCUT2D eigenvalue weighted by atomic mass is 32.1. The largest absolute Gasteiger partial charge is 0.383 e. The maximum atomic E-state index is 5.28. The molecule has 6 heteroatoms. The Morgan fingerprint density at radius 3 is 2.43 bits per heavy atom. The van der Waals surface area contributed by atoms with E-state index in [1.54, 1.807) is 25.6 Å². The van der Waals surface area contributed by atoms with Gasteiger partial charge in [0, 0.05) is 44.3 Å². The molecule has 0 spiro atoms. The molecule has 0 saturated carbocycles. The van der Waals surface area contributed by atoms with Gasteiger partial charge in [0.05, 0.1) is 18.9 Å². The van der Waals surface area contributed by atoms with Crippen molar-refractivity contribution in [3.05, 3.63) is 10.6 Å². The van der Waals surface area contributed by atoms with E-state index in [1.165, 1.54) is 4.88 Å². The molecule has 21 heavy (non-hydrogen) atoms. The normalized spacial score (nSPS) is 11.6. The first-order chi connectivity index (χ1) is 9.99. The molecule has 0 saturated heterocycles. The third kappa shape index (κ3) is 5.90. The number of aromatic nitrogens is 1. The maximum Gasteiger partial charge on any atom is 0.186 e. The van der Waals surface area contributed by atoms with Crippen LogP contribution in [0.1, 0.15) is 38.3 Å². The van der Waals surface area contributed by atoms with E-state index in [-0.39, 0.29) is 0 Å². The number of nitrogens with zero attached hydrogens (tertiary/aromatic N) is 2. The molecule has 1 N–H and O–H groups in total. The average Bonchev–Trinajstić information content (AvgIpc) is 2.80. The second-order valence-corrected chi connectivity index (χ2v) is 6.68. The molecule has 1 aromatic heterocycles. The van der Waals surface area contributed by atoms with Crippen molar-refractivity contribution >= 4 is 16.5 Å². The van der Waals surface area contributed by atoms with Gasteiger partial charge in [-0.3, -0.25) is 0 Å². The number of rotatable bonds is 10. The second-order valence-electron chi connectivity index (χ2n) is 5.61. The van der Waals surface area contributed by atoms with Crippen molar-refractivity contribution in [1.29, 1.82) is 0 Å². The predicted octanol–water partition coefficient (Wildman–Crippen LogP) is 2.65. The molecule has 122 valence electrons.